The van der Waals surface area contributed by atoms with E-state index in [9.17, 15) is 0 Å². The summed E-state index contributed by atoms with van der Waals surface area (Å²) in [5.74, 6) is 0. The van der Waals surface area contributed by atoms with E-state index in [0.29, 0.717) is 0 Å². The summed E-state index contributed by atoms with van der Waals surface area (Å²) in [5.41, 5.74) is 2.62. The van der Waals surface area contributed by atoms with Gasteiger partial charge in [0.15, 0.2) is 0 Å². The monoisotopic (exact) mass is 547 g/mol. The van der Waals surface area contributed by atoms with Crippen LogP contribution in [0.2, 0.25) is 5.64 Å². The van der Waals surface area contributed by atoms with Crippen LogP contribution in [-0.2, 0) is 11.8 Å². The molecule has 0 atom stereocenters. The Bertz CT molecular complexity index is 1110. The summed E-state index contributed by atoms with van der Waals surface area (Å²) in [6.07, 6.45) is 7.93. The van der Waals surface area contributed by atoms with Crippen LogP contribution in [0, 0.1) is 0 Å². The quantitative estimate of drug-likeness (QED) is 0.261. The van der Waals surface area contributed by atoms with Gasteiger partial charge in [0.2, 0.25) is 0 Å². The number of hydrogen-bond donors (Lipinski definition) is 0. The van der Waals surface area contributed by atoms with Crippen molar-refractivity contribution >= 4 is 54.3 Å². The molecule has 1 aliphatic carbocycles. The van der Waals surface area contributed by atoms with Gasteiger partial charge in [-0.2, -0.15) is 0 Å². The Morgan fingerprint density at radius 3 is 1.00 bits per heavy atom. The topological polar surface area (TPSA) is 0 Å². The molecule has 1 aliphatic rings. The summed E-state index contributed by atoms with van der Waals surface area (Å²) in [6.45, 7) is 0. The molecule has 4 heteroatoms. The molecule has 0 nitrogen and oxygen atoms in total. The fourth-order valence-corrected chi connectivity index (χ4v) is 19.4. The molecule has 0 radical (unpaired) electrons. The Morgan fingerprint density at radius 2 is 0.765 bits per heavy atom. The number of benzene rings is 4. The fourth-order valence-electron chi connectivity index (χ4n) is 5.99. The van der Waals surface area contributed by atoms with Gasteiger partial charge >= 0.3 is 185 Å². The van der Waals surface area contributed by atoms with Crippen molar-refractivity contribution in [2.75, 3.05) is 0 Å². The molecular formula is C30H31Cl3V. The van der Waals surface area contributed by atoms with Crippen molar-refractivity contribution in [3.63, 3.8) is 0 Å². The molecule has 0 bridgehead atoms. The normalized spacial score (nSPS) is 14.3. The predicted octanol–water partition coefficient (Wildman–Crippen LogP) is 6.67. The first kappa shape index (κ1) is 28.1. The summed E-state index contributed by atoms with van der Waals surface area (Å²) < 4.78 is 7.21. The molecule has 0 amide bonds. The molecule has 0 aliphatic heterocycles. The van der Waals surface area contributed by atoms with Crippen LogP contribution in [0.3, 0.4) is 0 Å². The van der Waals surface area contributed by atoms with Crippen molar-refractivity contribution in [1.29, 1.82) is 0 Å². The summed E-state index contributed by atoms with van der Waals surface area (Å²) in [7, 11) is 0. The second-order valence-electron chi connectivity index (χ2n) is 8.87. The predicted molar refractivity (Wildman–Crippen MR) is 154 cm³/mol. The first-order chi connectivity index (χ1) is 15.2. The SMILES string of the molecule is Cl.Cl.Cl.[CH3][V]([C]1=CC=CC1)([c]1ccccc1)([c]1ccccc1)([c]1ccccc1)[c]1ccccc1. The summed E-state index contributed by atoms with van der Waals surface area (Å²) in [6, 6.07) is 45.1. The number of allylic oxidation sites excluding steroid dienone is 4. The van der Waals surface area contributed by atoms with E-state index in [2.05, 4.69) is 145 Å². The molecule has 5 rings (SSSR count). The van der Waals surface area contributed by atoms with Crippen molar-refractivity contribution in [3.8, 4) is 0 Å². The first-order valence-electron chi connectivity index (χ1n) is 10.9. The molecule has 0 heterocycles. The summed E-state index contributed by atoms with van der Waals surface area (Å²) in [5, 5.41) is 0. The molecular weight excluding hydrogens is 518 g/mol. The van der Waals surface area contributed by atoms with Crippen LogP contribution in [0.25, 0.3) is 0 Å². The Hall–Kier alpha value is -2.19. The van der Waals surface area contributed by atoms with Crippen LogP contribution in [0.5, 0.6) is 0 Å². The minimum absolute atomic E-state index is 0. The van der Waals surface area contributed by atoms with Crippen molar-refractivity contribution in [2.45, 2.75) is 12.1 Å². The Labute approximate surface area is 220 Å². The van der Waals surface area contributed by atoms with E-state index < -0.39 is 11.8 Å². The maximum atomic E-state index is 2.62. The van der Waals surface area contributed by atoms with Crippen LogP contribution in [0.1, 0.15) is 6.42 Å². The molecule has 4 aromatic carbocycles. The van der Waals surface area contributed by atoms with Crippen LogP contribution < -0.4 is 17.1 Å². The van der Waals surface area contributed by atoms with Crippen LogP contribution in [0.15, 0.2) is 144 Å². The third-order valence-electron chi connectivity index (χ3n) is 7.74. The molecule has 0 saturated heterocycles. The minimum atomic E-state index is -4.67. The van der Waals surface area contributed by atoms with Gasteiger partial charge in [-0.3, -0.25) is 0 Å². The average molecular weight is 549 g/mol. The van der Waals surface area contributed by atoms with Crippen LogP contribution in [-0.4, -0.2) is 0 Å². The molecule has 0 spiro atoms. The van der Waals surface area contributed by atoms with E-state index in [4.69, 9.17) is 0 Å². The van der Waals surface area contributed by atoms with Crippen molar-refractivity contribution in [1.82, 2.24) is 0 Å². The standard InChI is InChI=1S/4C6H5.C5H5.CH3.3ClH.V/c4*1-2-4-6-5-3-1;1-2-4-5-3-1;;;;;/h4*1-5H;1-3H,4H2;1H3;3*1H;. The fraction of sp³-hybridized carbons (Fsp3) is 0.0667. The van der Waals surface area contributed by atoms with E-state index in [-0.39, 0.29) is 37.2 Å². The van der Waals surface area contributed by atoms with E-state index in [1.807, 2.05) is 0 Å². The average Bonchev–Trinajstić information content (AvgIpc) is 3.43. The second kappa shape index (κ2) is 10.2. The third-order valence-corrected chi connectivity index (χ3v) is 22.5. The van der Waals surface area contributed by atoms with Gasteiger partial charge in [0, 0.05) is 0 Å². The zero-order valence-corrected chi connectivity index (χ0v) is 23.0. The molecule has 0 N–H and O–H groups in total. The molecule has 0 fully saturated rings. The maximum absolute atomic E-state index is 4.67. The van der Waals surface area contributed by atoms with Gasteiger partial charge in [-0.05, 0) is 0 Å². The zero-order chi connectivity index (χ0) is 21.3. The van der Waals surface area contributed by atoms with Crippen molar-refractivity contribution in [2.24, 2.45) is 0 Å². The summed E-state index contributed by atoms with van der Waals surface area (Å²) >= 11 is -4.67. The van der Waals surface area contributed by atoms with E-state index in [1.165, 1.54) is 21.4 Å². The van der Waals surface area contributed by atoms with E-state index >= 15 is 0 Å². The molecule has 0 saturated carbocycles. The molecule has 4 aromatic rings. The molecule has 0 unspecified atom stereocenters. The van der Waals surface area contributed by atoms with Crippen LogP contribution >= 0.6 is 37.2 Å². The molecule has 34 heavy (non-hydrogen) atoms. The number of rotatable bonds is 5. The van der Waals surface area contributed by atoms with Gasteiger partial charge in [0.1, 0.15) is 0 Å². The number of halogens is 3. The van der Waals surface area contributed by atoms with Gasteiger partial charge in [-0.1, -0.05) is 0 Å². The van der Waals surface area contributed by atoms with Gasteiger partial charge in [0.05, 0.1) is 0 Å². The molecule has 177 valence electrons. The zero-order valence-electron chi connectivity index (χ0n) is 19.2. The van der Waals surface area contributed by atoms with Gasteiger partial charge in [-0.25, -0.2) is 0 Å². The third kappa shape index (κ3) is 3.28. The van der Waals surface area contributed by atoms with Crippen LogP contribution in [0.4, 0.5) is 0 Å². The van der Waals surface area contributed by atoms with Crippen molar-refractivity contribution < 1.29 is 11.8 Å². The van der Waals surface area contributed by atoms with Gasteiger partial charge in [0.25, 0.3) is 0 Å². The second-order valence-corrected chi connectivity index (χ2v) is 20.0. The Balaban J connectivity index is 0.00000136. The van der Waals surface area contributed by atoms with E-state index in [0.717, 1.165) is 6.42 Å². The van der Waals surface area contributed by atoms with Crippen molar-refractivity contribution in [3.05, 3.63) is 144 Å². The van der Waals surface area contributed by atoms with Gasteiger partial charge < -0.3 is 0 Å². The van der Waals surface area contributed by atoms with E-state index in [1.54, 1.807) is 0 Å². The molecule has 0 aromatic heterocycles. The Kier molecular flexibility index (Phi) is 8.42. The Morgan fingerprint density at radius 1 is 0.471 bits per heavy atom. The summed E-state index contributed by atoms with van der Waals surface area (Å²) in [4.78, 5) is 0. The van der Waals surface area contributed by atoms with Gasteiger partial charge in [-0.15, -0.1) is 37.2 Å². The number of hydrogen-bond acceptors (Lipinski definition) is 0. The first-order valence-corrected chi connectivity index (χ1v) is 15.8.